The maximum absolute atomic E-state index is 15.0. The molecule has 0 aliphatic carbocycles. The molecule has 0 saturated carbocycles. The molecule has 4 bridgehead atoms. The van der Waals surface area contributed by atoms with Crippen LogP contribution in [0.4, 0.5) is 24.7 Å². The monoisotopic (exact) mass is 697 g/mol. The van der Waals surface area contributed by atoms with Gasteiger partial charge in [0, 0.05) is 64.2 Å². The Kier molecular flexibility index (Phi) is 7.81. The number of anilines is 2. The molecule has 2 aromatic carbocycles. The van der Waals surface area contributed by atoms with Crippen molar-refractivity contribution < 1.29 is 22.7 Å². The average molecular weight is 698 g/mol. The number of rotatable bonds is 3. The van der Waals surface area contributed by atoms with E-state index >= 15 is 0 Å². The van der Waals surface area contributed by atoms with Crippen LogP contribution in [0.2, 0.25) is 0 Å². The highest BCUT2D eigenvalue weighted by Gasteiger charge is 2.40. The maximum atomic E-state index is 15.0. The van der Waals surface area contributed by atoms with Gasteiger partial charge in [0.05, 0.1) is 46.6 Å². The topological polar surface area (TPSA) is 115 Å². The number of nitrogens with zero attached hydrogens (tertiary/aromatic N) is 8. The molecule has 1 saturated heterocycles. The molecular weight excluding hydrogens is 663 g/mol. The summed E-state index contributed by atoms with van der Waals surface area (Å²) in [7, 11) is 4.88. The van der Waals surface area contributed by atoms with Crippen molar-refractivity contribution in [1.29, 1.82) is 0 Å². The third kappa shape index (κ3) is 5.48. The third-order valence-electron chi connectivity index (χ3n) is 9.87. The van der Waals surface area contributed by atoms with Crippen LogP contribution in [0.15, 0.2) is 65.7 Å². The van der Waals surface area contributed by atoms with Crippen LogP contribution < -0.4 is 15.8 Å². The second kappa shape index (κ2) is 12.3. The van der Waals surface area contributed by atoms with Gasteiger partial charge in [-0.25, -0.2) is 27.8 Å². The largest absolute Gasteiger partial charge is 0.378 e. The number of hydrogen-bond acceptors (Lipinski definition) is 8. The van der Waals surface area contributed by atoms with E-state index in [1.807, 2.05) is 34.6 Å². The highest BCUT2D eigenvalue weighted by molar-refractivity contribution is 5.96. The van der Waals surface area contributed by atoms with Crippen LogP contribution in [0.25, 0.3) is 38.9 Å². The zero-order valence-electron chi connectivity index (χ0n) is 28.3. The Bertz CT molecular complexity index is 2420. The summed E-state index contributed by atoms with van der Waals surface area (Å²) in [6, 6.07) is 10.4. The lowest BCUT2D eigenvalue weighted by molar-refractivity contribution is -0.132. The molecule has 2 aliphatic rings. The molecule has 12 nitrogen and oxygen atoms in total. The standard InChI is InChI=1S/C36H34F3N9O3/c1-19-41-28-12-21(38)10-24-27-6-5-7-32(43-27)42-22-13-30(35(49)44(2)16-23(51-4)17-46(19)33(24)28)47(15-22)31-18-45(3)36(50)34-25(31)14-40-48(34)29-9-8-20(37)11-26(29)39/h5-12,14,18,22-23,30H,13,15-17H2,1-4H3,(H,42,43)/t22-,23-,30-/m0/s1. The second-order valence-electron chi connectivity index (χ2n) is 13.2. The van der Waals surface area contributed by atoms with Crippen molar-refractivity contribution in [2.45, 2.75) is 38.1 Å². The molecule has 6 heterocycles. The van der Waals surface area contributed by atoms with Gasteiger partial charge in [-0.3, -0.25) is 9.59 Å². The minimum Gasteiger partial charge on any atom is -0.378 e. The number of benzene rings is 2. The lowest BCUT2D eigenvalue weighted by Crippen LogP contribution is -2.47. The molecule has 262 valence electrons. The Labute approximate surface area is 289 Å². The van der Waals surface area contributed by atoms with E-state index in [1.54, 1.807) is 32.3 Å². The predicted molar refractivity (Wildman–Crippen MR) is 185 cm³/mol. The summed E-state index contributed by atoms with van der Waals surface area (Å²) in [5, 5.41) is 8.25. The molecule has 2 aliphatic heterocycles. The van der Waals surface area contributed by atoms with Gasteiger partial charge < -0.3 is 29.0 Å². The van der Waals surface area contributed by atoms with E-state index in [0.717, 1.165) is 22.3 Å². The van der Waals surface area contributed by atoms with Gasteiger partial charge in [-0.05, 0) is 43.7 Å². The van der Waals surface area contributed by atoms with Crippen LogP contribution >= 0.6 is 0 Å². The molecule has 1 fully saturated rings. The molecule has 0 unspecified atom stereocenters. The minimum absolute atomic E-state index is 0.0836. The van der Waals surface area contributed by atoms with Crippen LogP contribution in [0.5, 0.6) is 0 Å². The van der Waals surface area contributed by atoms with Gasteiger partial charge in [0.25, 0.3) is 5.56 Å². The molecule has 0 radical (unpaired) electrons. The van der Waals surface area contributed by atoms with Crippen molar-refractivity contribution in [2.75, 3.05) is 37.5 Å². The molecule has 6 aromatic rings. The van der Waals surface area contributed by atoms with Gasteiger partial charge >= 0.3 is 0 Å². The number of ether oxygens (including phenoxy) is 1. The predicted octanol–water partition coefficient (Wildman–Crippen LogP) is 4.41. The Morgan fingerprint density at radius 1 is 0.922 bits per heavy atom. The normalized spacial score (nSPS) is 19.4. The molecule has 0 spiro atoms. The summed E-state index contributed by atoms with van der Waals surface area (Å²) in [5.74, 6) is -1.04. The number of carbonyl (C=O) groups is 1. The fourth-order valence-electron chi connectivity index (χ4n) is 7.43. The van der Waals surface area contributed by atoms with Crippen molar-refractivity contribution in [2.24, 2.45) is 7.05 Å². The number of hydrogen-bond donors (Lipinski definition) is 1. The summed E-state index contributed by atoms with van der Waals surface area (Å²) < 4.78 is 54.1. The van der Waals surface area contributed by atoms with Crippen LogP contribution in [-0.2, 0) is 23.1 Å². The number of imidazole rings is 1. The number of nitrogens with one attached hydrogen (secondary N) is 1. The number of amides is 1. The molecule has 1 N–H and O–H groups in total. The fraction of sp³-hybridized carbons (Fsp3) is 0.306. The van der Waals surface area contributed by atoms with Gasteiger partial charge in [-0.15, -0.1) is 0 Å². The van der Waals surface area contributed by atoms with Crippen molar-refractivity contribution in [1.82, 2.24) is 33.8 Å². The van der Waals surface area contributed by atoms with Crippen LogP contribution in [0.1, 0.15) is 12.2 Å². The zero-order chi connectivity index (χ0) is 35.7. The molecule has 4 aromatic heterocycles. The first kappa shape index (κ1) is 32.5. The number of halogens is 3. The zero-order valence-corrected chi connectivity index (χ0v) is 28.3. The molecular formula is C36H34F3N9O3. The SMILES string of the molecule is CO[C@H]1CN(C)C(=O)[C@@H]2C[C@@H](CN2c2cn(C)c(=O)c3c2cnn3-c2ccc(F)cc2F)Nc2cccc(n2)-c2cc(F)cc3nc(C)n(c23)C1. The van der Waals surface area contributed by atoms with Crippen molar-refractivity contribution in [3.05, 3.63) is 94.6 Å². The quantitative estimate of drug-likeness (QED) is 0.290. The van der Waals surface area contributed by atoms with Crippen molar-refractivity contribution in [3.8, 4) is 16.9 Å². The summed E-state index contributed by atoms with van der Waals surface area (Å²) in [6.07, 6.45) is 3.04. The highest BCUT2D eigenvalue weighted by atomic mass is 19.1. The Morgan fingerprint density at radius 2 is 1.75 bits per heavy atom. The lowest BCUT2D eigenvalue weighted by atomic mass is 10.1. The summed E-state index contributed by atoms with van der Waals surface area (Å²) in [6.45, 7) is 2.76. The number of fused-ring (bicyclic) bond motifs is 6. The van der Waals surface area contributed by atoms with Crippen LogP contribution in [0, 0.1) is 24.4 Å². The Hall–Kier alpha value is -5.70. The first-order valence-corrected chi connectivity index (χ1v) is 16.5. The number of aryl methyl sites for hydroxylation is 2. The van der Waals surface area contributed by atoms with Crippen LogP contribution in [-0.4, -0.2) is 85.1 Å². The number of pyridine rings is 2. The van der Waals surface area contributed by atoms with E-state index < -0.39 is 35.2 Å². The minimum atomic E-state index is -0.875. The molecule has 51 heavy (non-hydrogen) atoms. The van der Waals surface area contributed by atoms with Gasteiger partial charge in [0.1, 0.15) is 40.5 Å². The van der Waals surface area contributed by atoms with E-state index in [1.165, 1.54) is 29.0 Å². The second-order valence-corrected chi connectivity index (χ2v) is 13.2. The van der Waals surface area contributed by atoms with E-state index in [9.17, 15) is 22.8 Å². The fourth-order valence-corrected chi connectivity index (χ4v) is 7.43. The van der Waals surface area contributed by atoms with E-state index in [2.05, 4.69) is 15.4 Å². The van der Waals surface area contributed by atoms with Crippen molar-refractivity contribution >= 4 is 39.3 Å². The van der Waals surface area contributed by atoms with E-state index in [0.29, 0.717) is 59.0 Å². The molecule has 15 heteroatoms. The Balaban J connectivity index is 1.26. The number of methoxy groups -OCH3 is 1. The highest BCUT2D eigenvalue weighted by Crippen LogP contribution is 2.35. The summed E-state index contributed by atoms with van der Waals surface area (Å²) in [5.41, 5.74) is 2.45. The van der Waals surface area contributed by atoms with Gasteiger partial charge in [0.2, 0.25) is 5.91 Å². The number of likely N-dealkylation sites (N-methyl/N-ethyl adjacent to an activating group) is 1. The third-order valence-corrected chi connectivity index (χ3v) is 9.87. The van der Waals surface area contributed by atoms with Crippen LogP contribution in [0.3, 0.4) is 0 Å². The van der Waals surface area contributed by atoms with Gasteiger partial charge in [0.15, 0.2) is 5.82 Å². The smallest absolute Gasteiger partial charge is 0.277 e. The maximum Gasteiger partial charge on any atom is 0.277 e. The molecule has 1 amide bonds. The number of aromatic nitrogens is 6. The summed E-state index contributed by atoms with van der Waals surface area (Å²) in [4.78, 5) is 41.1. The van der Waals surface area contributed by atoms with Gasteiger partial charge in [-0.1, -0.05) is 6.07 Å². The lowest BCUT2D eigenvalue weighted by Gasteiger charge is -2.31. The molecule has 8 rings (SSSR count). The number of carbonyl (C=O) groups excluding carboxylic acids is 1. The van der Waals surface area contributed by atoms with E-state index in [-0.39, 0.29) is 29.7 Å². The first-order chi connectivity index (χ1) is 24.5. The summed E-state index contributed by atoms with van der Waals surface area (Å²) >= 11 is 0. The van der Waals surface area contributed by atoms with E-state index in [4.69, 9.17) is 9.72 Å². The molecule has 3 atom stereocenters. The van der Waals surface area contributed by atoms with Crippen molar-refractivity contribution in [3.63, 3.8) is 0 Å². The Morgan fingerprint density at radius 3 is 2.53 bits per heavy atom. The van der Waals surface area contributed by atoms with Gasteiger partial charge in [-0.2, -0.15) is 5.10 Å². The average Bonchev–Trinajstić information content (AvgIpc) is 3.80. The first-order valence-electron chi connectivity index (χ1n) is 16.5.